The molecule has 0 unspecified atom stereocenters. The van der Waals surface area contributed by atoms with E-state index >= 15 is 0 Å². The summed E-state index contributed by atoms with van der Waals surface area (Å²) in [7, 11) is -3.38. The lowest BCUT2D eigenvalue weighted by Gasteiger charge is -2.36. The lowest BCUT2D eigenvalue weighted by atomic mass is 10.2. The van der Waals surface area contributed by atoms with Gasteiger partial charge in [-0.15, -0.1) is 0 Å². The smallest absolute Gasteiger partial charge is 0.266 e. The minimum atomic E-state index is -4.20. The van der Waals surface area contributed by atoms with Gasteiger partial charge >= 0.3 is 0 Å². The van der Waals surface area contributed by atoms with Crippen molar-refractivity contribution >= 4 is 42.8 Å². The maximum absolute atomic E-state index is 14.3. The van der Waals surface area contributed by atoms with Gasteiger partial charge in [-0.1, -0.05) is 66.7 Å². The molecule has 5 rings (SSSR count). The van der Waals surface area contributed by atoms with Crippen LogP contribution in [0.4, 0.5) is 22.7 Å². The number of para-hydroxylation sites is 2. The van der Waals surface area contributed by atoms with Gasteiger partial charge in [0.1, 0.15) is 9.79 Å². The Morgan fingerprint density at radius 1 is 0.651 bits per heavy atom. The molecule has 0 aromatic heterocycles. The Labute approximate surface area is 255 Å². The number of hydrogen-bond donors (Lipinski definition) is 1. The van der Waals surface area contributed by atoms with E-state index in [1.807, 2.05) is 54.4 Å². The topological polar surface area (TPSA) is 93.3 Å². The molecule has 9 nitrogen and oxygen atoms in total. The molecule has 11 heteroatoms. The molecule has 1 aliphatic heterocycles. The quantitative estimate of drug-likeness (QED) is 0.275. The molecule has 0 bridgehead atoms. The van der Waals surface area contributed by atoms with Crippen LogP contribution >= 0.6 is 0 Å². The summed E-state index contributed by atoms with van der Waals surface area (Å²) < 4.78 is 59.6. The van der Waals surface area contributed by atoms with Crippen LogP contribution in [0.25, 0.3) is 0 Å². The highest BCUT2D eigenvalue weighted by atomic mass is 32.2. The van der Waals surface area contributed by atoms with Crippen molar-refractivity contribution in [3.63, 3.8) is 0 Å². The Kier molecular flexibility index (Phi) is 8.95. The Bertz CT molecular complexity index is 1750. The predicted octanol–water partition coefficient (Wildman–Crippen LogP) is 4.70. The first-order valence-electron chi connectivity index (χ1n) is 14.1. The van der Waals surface area contributed by atoms with Crippen molar-refractivity contribution in [3.05, 3.63) is 109 Å². The van der Waals surface area contributed by atoms with Gasteiger partial charge in [0.15, 0.2) is 0 Å². The van der Waals surface area contributed by atoms with E-state index in [9.17, 15) is 16.8 Å². The Morgan fingerprint density at radius 2 is 1.12 bits per heavy atom. The highest BCUT2D eigenvalue weighted by molar-refractivity contribution is 7.93. The second kappa shape index (κ2) is 12.7. The molecule has 0 spiro atoms. The summed E-state index contributed by atoms with van der Waals surface area (Å²) in [6, 6.07) is 30.2. The highest BCUT2D eigenvalue weighted by Gasteiger charge is 2.34. The normalized spacial score (nSPS) is 14.3. The standard InChI is InChI=1S/C32H37N5O4S2/c1-34-19-21-37(22-20-34)30-23-29(33-25-26-13-7-4-8-14-26)31(42(38,39)35(2)27-15-9-5-10-16-27)24-32(30)43(40,41)36(3)28-17-11-6-12-18-28/h4-18,23-24,33H,19-22,25H2,1-3H3. The number of piperazine rings is 1. The van der Waals surface area contributed by atoms with Crippen molar-refractivity contribution in [2.45, 2.75) is 16.3 Å². The van der Waals surface area contributed by atoms with E-state index in [2.05, 4.69) is 10.2 Å². The van der Waals surface area contributed by atoms with Gasteiger partial charge in [-0.3, -0.25) is 8.61 Å². The number of nitrogens with one attached hydrogen (secondary N) is 1. The Hall–Kier alpha value is -4.06. The van der Waals surface area contributed by atoms with Gasteiger partial charge in [-0.2, -0.15) is 0 Å². The predicted molar refractivity (Wildman–Crippen MR) is 174 cm³/mol. The van der Waals surface area contributed by atoms with Crippen molar-refractivity contribution in [1.29, 1.82) is 0 Å². The number of nitrogens with zero attached hydrogens (tertiary/aromatic N) is 4. The summed E-state index contributed by atoms with van der Waals surface area (Å²) in [6.45, 7) is 3.05. The van der Waals surface area contributed by atoms with Crippen molar-refractivity contribution < 1.29 is 16.8 Å². The van der Waals surface area contributed by atoms with Gasteiger partial charge < -0.3 is 15.1 Å². The lowest BCUT2D eigenvalue weighted by molar-refractivity contribution is 0.312. The monoisotopic (exact) mass is 619 g/mol. The number of likely N-dealkylation sites (N-methyl/N-ethyl adjacent to an activating group) is 1. The van der Waals surface area contributed by atoms with Gasteiger partial charge in [0.2, 0.25) is 0 Å². The molecule has 4 aromatic rings. The summed E-state index contributed by atoms with van der Waals surface area (Å²) in [5.74, 6) is 0. The molecule has 0 aliphatic carbocycles. The molecule has 4 aromatic carbocycles. The fraction of sp³-hybridized carbons (Fsp3) is 0.250. The first kappa shape index (κ1) is 30.4. The van der Waals surface area contributed by atoms with E-state index in [1.165, 1.54) is 28.8 Å². The summed E-state index contributed by atoms with van der Waals surface area (Å²) in [6.07, 6.45) is 0. The molecule has 226 valence electrons. The molecule has 1 fully saturated rings. The summed E-state index contributed by atoms with van der Waals surface area (Å²) in [5.41, 5.74) is 2.70. The van der Waals surface area contributed by atoms with Crippen LogP contribution in [0, 0.1) is 0 Å². The zero-order chi connectivity index (χ0) is 30.6. The van der Waals surface area contributed by atoms with Crippen LogP contribution in [0.3, 0.4) is 0 Å². The maximum atomic E-state index is 14.3. The van der Waals surface area contributed by atoms with Gasteiger partial charge in [-0.25, -0.2) is 16.8 Å². The molecular weight excluding hydrogens is 583 g/mol. The van der Waals surface area contributed by atoms with Crippen LogP contribution in [0.15, 0.2) is 113 Å². The average molecular weight is 620 g/mol. The molecule has 1 aliphatic rings. The third-order valence-corrected chi connectivity index (χ3v) is 11.4. The third kappa shape index (κ3) is 6.48. The zero-order valence-electron chi connectivity index (χ0n) is 24.6. The van der Waals surface area contributed by atoms with Gasteiger partial charge in [0, 0.05) is 46.8 Å². The Balaban J connectivity index is 1.70. The molecule has 1 heterocycles. The molecule has 0 amide bonds. The van der Waals surface area contributed by atoms with Crippen LogP contribution in [0.5, 0.6) is 0 Å². The molecule has 1 N–H and O–H groups in total. The highest BCUT2D eigenvalue weighted by Crippen LogP contribution is 2.39. The molecule has 43 heavy (non-hydrogen) atoms. The van der Waals surface area contributed by atoms with E-state index in [0.29, 0.717) is 42.4 Å². The zero-order valence-corrected chi connectivity index (χ0v) is 26.2. The first-order chi connectivity index (χ1) is 20.6. The Morgan fingerprint density at radius 3 is 1.63 bits per heavy atom. The fourth-order valence-corrected chi connectivity index (χ4v) is 7.90. The van der Waals surface area contributed by atoms with Crippen molar-refractivity contribution in [2.75, 3.05) is 66.1 Å². The molecule has 0 atom stereocenters. The van der Waals surface area contributed by atoms with Crippen molar-refractivity contribution in [3.8, 4) is 0 Å². The number of rotatable bonds is 10. The van der Waals surface area contributed by atoms with Crippen LogP contribution in [0.2, 0.25) is 0 Å². The molecule has 0 saturated carbocycles. The number of anilines is 4. The summed E-state index contributed by atoms with van der Waals surface area (Å²) in [4.78, 5) is 4.03. The van der Waals surface area contributed by atoms with E-state index in [4.69, 9.17) is 0 Å². The summed E-state index contributed by atoms with van der Waals surface area (Å²) >= 11 is 0. The second-order valence-electron chi connectivity index (χ2n) is 10.6. The summed E-state index contributed by atoms with van der Waals surface area (Å²) in [5, 5.41) is 3.32. The lowest BCUT2D eigenvalue weighted by Crippen LogP contribution is -2.45. The van der Waals surface area contributed by atoms with Crippen LogP contribution in [-0.2, 0) is 26.6 Å². The number of hydrogen-bond acceptors (Lipinski definition) is 7. The van der Waals surface area contributed by atoms with Crippen LogP contribution in [0.1, 0.15) is 5.56 Å². The van der Waals surface area contributed by atoms with Gasteiger partial charge in [0.05, 0.1) is 22.7 Å². The van der Waals surface area contributed by atoms with E-state index in [0.717, 1.165) is 18.7 Å². The largest absolute Gasteiger partial charge is 0.380 e. The average Bonchev–Trinajstić information content (AvgIpc) is 3.04. The minimum Gasteiger partial charge on any atom is -0.380 e. The minimum absolute atomic E-state index is 0.0614. The van der Waals surface area contributed by atoms with E-state index in [1.54, 1.807) is 54.6 Å². The van der Waals surface area contributed by atoms with Crippen molar-refractivity contribution in [2.24, 2.45) is 0 Å². The van der Waals surface area contributed by atoms with Gasteiger partial charge in [0.25, 0.3) is 20.0 Å². The molecule has 1 saturated heterocycles. The SMILES string of the molecule is CN1CCN(c2cc(NCc3ccccc3)c(S(=O)(=O)N(C)c3ccccc3)cc2S(=O)(=O)N(C)c2ccccc2)CC1. The molecule has 0 radical (unpaired) electrons. The molecular formula is C32H37N5O4S2. The van der Waals surface area contributed by atoms with E-state index < -0.39 is 20.0 Å². The maximum Gasteiger partial charge on any atom is 0.266 e. The van der Waals surface area contributed by atoms with Crippen LogP contribution in [-0.4, -0.2) is 69.1 Å². The van der Waals surface area contributed by atoms with Crippen LogP contribution < -0.4 is 18.8 Å². The fourth-order valence-electron chi connectivity index (χ4n) is 5.04. The number of benzene rings is 4. The van der Waals surface area contributed by atoms with E-state index in [-0.39, 0.29) is 9.79 Å². The second-order valence-corrected chi connectivity index (χ2v) is 14.4. The third-order valence-electron chi connectivity index (χ3n) is 7.75. The number of sulfonamides is 2. The van der Waals surface area contributed by atoms with Gasteiger partial charge in [-0.05, 0) is 49.0 Å². The first-order valence-corrected chi connectivity index (χ1v) is 16.9. The van der Waals surface area contributed by atoms with Crippen molar-refractivity contribution in [1.82, 2.24) is 4.90 Å².